The van der Waals surface area contributed by atoms with Gasteiger partial charge in [-0.1, -0.05) is 54.6 Å². The summed E-state index contributed by atoms with van der Waals surface area (Å²) in [5, 5.41) is 3.07. The Labute approximate surface area is 212 Å². The van der Waals surface area contributed by atoms with Crippen LogP contribution in [0.1, 0.15) is 30.9 Å². The molecular weight excluding hydrogens is 452 g/mol. The smallest absolute Gasteiger partial charge is 0.320 e. The number of oxazole rings is 1. The average Bonchev–Trinajstić information content (AvgIpc) is 3.25. The number of ether oxygens (including phenoxy) is 2. The third-order valence-electron chi connectivity index (χ3n) is 5.49. The summed E-state index contributed by atoms with van der Waals surface area (Å²) in [6.07, 6.45) is 0.497. The minimum absolute atomic E-state index is 0.119. The quantitative estimate of drug-likeness (QED) is 0.273. The van der Waals surface area contributed by atoms with Crippen LogP contribution < -0.4 is 10.1 Å². The standard InChI is InChI=1S/C30H31N2O4/c1-21(2)35-29(33)20-31-19-23-9-7-14-27(17-23)34-16-15-28-22(3)36-30(32-28)26-13-8-12-25(18-26)24-10-5-4-6-11-24/h4-14,18,21,31H,15-16,19-20H2,1-3H3. The van der Waals surface area contributed by atoms with E-state index in [9.17, 15) is 4.79 Å². The van der Waals surface area contributed by atoms with Gasteiger partial charge < -0.3 is 19.2 Å². The normalized spacial score (nSPS) is 11.0. The molecule has 6 heteroatoms. The SMILES string of the molecule is Cc1oc(-c2cccc(-c3ccccc3)c2)nc1CCOc1[c]c(CNCC(=O)OC(C)C)ccc1. The first kappa shape index (κ1) is 25.2. The van der Waals surface area contributed by atoms with Gasteiger partial charge in [0.2, 0.25) is 5.89 Å². The van der Waals surface area contributed by atoms with E-state index in [0.29, 0.717) is 31.2 Å². The van der Waals surface area contributed by atoms with Crippen molar-refractivity contribution in [2.45, 2.75) is 39.8 Å². The number of nitrogens with one attached hydrogen (secondary N) is 1. The number of carbonyl (C=O) groups is 1. The van der Waals surface area contributed by atoms with E-state index in [1.54, 1.807) is 0 Å². The van der Waals surface area contributed by atoms with Crippen molar-refractivity contribution in [3.8, 4) is 28.3 Å². The highest BCUT2D eigenvalue weighted by atomic mass is 16.5. The number of hydrogen-bond acceptors (Lipinski definition) is 6. The van der Waals surface area contributed by atoms with Crippen molar-refractivity contribution in [1.82, 2.24) is 10.3 Å². The molecule has 0 bridgehead atoms. The summed E-state index contributed by atoms with van der Waals surface area (Å²) >= 11 is 0. The fraction of sp³-hybridized carbons (Fsp3) is 0.267. The van der Waals surface area contributed by atoms with Crippen molar-refractivity contribution in [1.29, 1.82) is 0 Å². The van der Waals surface area contributed by atoms with E-state index in [-0.39, 0.29) is 18.6 Å². The van der Waals surface area contributed by atoms with Crippen molar-refractivity contribution in [3.05, 3.63) is 95.9 Å². The van der Waals surface area contributed by atoms with Gasteiger partial charge in [0.05, 0.1) is 24.9 Å². The molecule has 0 unspecified atom stereocenters. The van der Waals surface area contributed by atoms with Gasteiger partial charge in [-0.05, 0) is 55.7 Å². The Hall–Kier alpha value is -3.90. The molecule has 0 fully saturated rings. The molecule has 3 aromatic carbocycles. The first-order chi connectivity index (χ1) is 17.5. The molecule has 0 amide bonds. The molecular formula is C30H31N2O4. The molecule has 0 spiro atoms. The third-order valence-corrected chi connectivity index (χ3v) is 5.49. The van der Waals surface area contributed by atoms with Crippen molar-refractivity contribution in [3.63, 3.8) is 0 Å². The highest BCUT2D eigenvalue weighted by Crippen LogP contribution is 2.27. The average molecular weight is 484 g/mol. The van der Waals surface area contributed by atoms with Crippen LogP contribution in [-0.4, -0.2) is 30.2 Å². The van der Waals surface area contributed by atoms with Crippen LogP contribution in [0.15, 0.2) is 77.2 Å². The molecule has 1 N–H and O–H groups in total. The van der Waals surface area contributed by atoms with Gasteiger partial charge in [0, 0.05) is 24.6 Å². The number of nitrogens with zero attached hydrogens (tertiary/aromatic N) is 1. The Morgan fingerprint density at radius 2 is 1.75 bits per heavy atom. The van der Waals surface area contributed by atoms with E-state index >= 15 is 0 Å². The predicted octanol–water partition coefficient (Wildman–Crippen LogP) is 5.78. The first-order valence-electron chi connectivity index (χ1n) is 12.1. The van der Waals surface area contributed by atoms with Gasteiger partial charge >= 0.3 is 5.97 Å². The number of esters is 1. The topological polar surface area (TPSA) is 73.6 Å². The summed E-state index contributed by atoms with van der Waals surface area (Å²) in [7, 11) is 0. The Morgan fingerprint density at radius 1 is 1.00 bits per heavy atom. The van der Waals surface area contributed by atoms with Gasteiger partial charge in [-0.2, -0.15) is 0 Å². The van der Waals surface area contributed by atoms with Crippen LogP contribution in [0.4, 0.5) is 0 Å². The number of aromatic nitrogens is 1. The number of benzene rings is 3. The minimum atomic E-state index is -0.272. The molecule has 4 aromatic rings. The lowest BCUT2D eigenvalue weighted by Crippen LogP contribution is -2.26. The summed E-state index contributed by atoms with van der Waals surface area (Å²) in [5.74, 6) is 1.77. The predicted molar refractivity (Wildman–Crippen MR) is 140 cm³/mol. The van der Waals surface area contributed by atoms with Gasteiger partial charge in [0.15, 0.2) is 0 Å². The molecule has 0 atom stereocenters. The Balaban J connectivity index is 1.32. The second-order valence-electron chi connectivity index (χ2n) is 8.75. The first-order valence-corrected chi connectivity index (χ1v) is 12.1. The van der Waals surface area contributed by atoms with Gasteiger partial charge in [-0.3, -0.25) is 4.79 Å². The van der Waals surface area contributed by atoms with Gasteiger partial charge in [-0.15, -0.1) is 0 Å². The van der Waals surface area contributed by atoms with Crippen LogP contribution in [0.5, 0.6) is 5.75 Å². The van der Waals surface area contributed by atoms with Crippen LogP contribution >= 0.6 is 0 Å². The molecule has 6 nitrogen and oxygen atoms in total. The van der Waals surface area contributed by atoms with Crippen molar-refractivity contribution in [2.24, 2.45) is 0 Å². The molecule has 0 aliphatic carbocycles. The number of carbonyl (C=O) groups excluding carboxylic acids is 1. The molecule has 1 radical (unpaired) electrons. The van der Waals surface area contributed by atoms with Crippen LogP contribution in [-0.2, 0) is 22.5 Å². The van der Waals surface area contributed by atoms with Gasteiger partial charge in [0.1, 0.15) is 11.5 Å². The summed E-state index contributed by atoms with van der Waals surface area (Å²) in [4.78, 5) is 16.4. The fourth-order valence-electron chi connectivity index (χ4n) is 3.79. The van der Waals surface area contributed by atoms with E-state index in [2.05, 4.69) is 35.6 Å². The van der Waals surface area contributed by atoms with E-state index < -0.39 is 0 Å². The second-order valence-corrected chi connectivity index (χ2v) is 8.75. The maximum atomic E-state index is 11.7. The van der Waals surface area contributed by atoms with Crippen LogP contribution in [0.25, 0.3) is 22.6 Å². The van der Waals surface area contributed by atoms with Crippen LogP contribution in [0.3, 0.4) is 0 Å². The lowest BCUT2D eigenvalue weighted by atomic mass is 10.0. The Kier molecular flexibility index (Phi) is 8.53. The molecule has 0 saturated carbocycles. The molecule has 36 heavy (non-hydrogen) atoms. The molecule has 0 saturated heterocycles. The maximum absolute atomic E-state index is 11.7. The molecule has 0 aliphatic rings. The minimum Gasteiger partial charge on any atom is -0.493 e. The highest BCUT2D eigenvalue weighted by molar-refractivity contribution is 5.71. The van der Waals surface area contributed by atoms with E-state index in [4.69, 9.17) is 18.9 Å². The van der Waals surface area contributed by atoms with E-state index in [1.165, 1.54) is 0 Å². The molecule has 185 valence electrons. The largest absolute Gasteiger partial charge is 0.493 e. The molecule has 1 heterocycles. The van der Waals surface area contributed by atoms with Gasteiger partial charge in [-0.25, -0.2) is 4.98 Å². The number of rotatable bonds is 11. The monoisotopic (exact) mass is 483 g/mol. The van der Waals surface area contributed by atoms with E-state index in [0.717, 1.165) is 33.7 Å². The zero-order valence-corrected chi connectivity index (χ0v) is 20.9. The maximum Gasteiger partial charge on any atom is 0.320 e. The number of aryl methyl sites for hydroxylation is 1. The number of hydrogen-bond donors (Lipinski definition) is 1. The summed E-state index contributed by atoms with van der Waals surface area (Å²) in [5.41, 5.74) is 4.99. The summed E-state index contributed by atoms with van der Waals surface area (Å²) < 4.78 is 17.0. The zero-order chi connectivity index (χ0) is 25.3. The van der Waals surface area contributed by atoms with Crippen molar-refractivity contribution < 1.29 is 18.7 Å². The highest BCUT2D eigenvalue weighted by Gasteiger charge is 2.13. The second kappa shape index (κ2) is 12.2. The molecule has 0 aliphatic heterocycles. The zero-order valence-electron chi connectivity index (χ0n) is 20.9. The molecule has 4 rings (SSSR count). The Morgan fingerprint density at radius 3 is 2.56 bits per heavy atom. The van der Waals surface area contributed by atoms with E-state index in [1.807, 2.05) is 69.3 Å². The van der Waals surface area contributed by atoms with Crippen molar-refractivity contribution in [2.75, 3.05) is 13.2 Å². The fourth-order valence-corrected chi connectivity index (χ4v) is 3.79. The summed E-state index contributed by atoms with van der Waals surface area (Å²) in [6, 6.07) is 27.4. The lowest BCUT2D eigenvalue weighted by molar-refractivity contribution is -0.146. The van der Waals surface area contributed by atoms with Crippen LogP contribution in [0, 0.1) is 13.0 Å². The Bertz CT molecular complexity index is 1280. The molecule has 1 aromatic heterocycles. The third kappa shape index (κ3) is 7.06. The lowest BCUT2D eigenvalue weighted by Gasteiger charge is -2.10. The van der Waals surface area contributed by atoms with Crippen LogP contribution in [0.2, 0.25) is 0 Å². The van der Waals surface area contributed by atoms with Crippen molar-refractivity contribution >= 4 is 5.97 Å². The van der Waals surface area contributed by atoms with Gasteiger partial charge in [0.25, 0.3) is 0 Å². The summed E-state index contributed by atoms with van der Waals surface area (Å²) in [6.45, 7) is 6.69.